The van der Waals surface area contributed by atoms with Gasteiger partial charge in [-0.2, -0.15) is 0 Å². The maximum absolute atomic E-state index is 13.5. The minimum Gasteiger partial charge on any atom is -0.321 e. The summed E-state index contributed by atoms with van der Waals surface area (Å²) in [6.07, 6.45) is -0.00819. The highest BCUT2D eigenvalue weighted by molar-refractivity contribution is 6.30. The van der Waals surface area contributed by atoms with Gasteiger partial charge in [0, 0.05) is 6.42 Å². The summed E-state index contributed by atoms with van der Waals surface area (Å²) in [4.78, 5) is 11.7. The monoisotopic (exact) mass is 243 g/mol. The molecule has 2 nitrogen and oxygen atoms in total. The molecular weight excluding hydrogens is 229 g/mol. The van der Waals surface area contributed by atoms with Gasteiger partial charge in [0.1, 0.15) is 5.82 Å². The zero-order chi connectivity index (χ0) is 12.3. The average Bonchev–Trinajstić information content (AvgIpc) is 2.23. The molecule has 0 amide bonds. The van der Waals surface area contributed by atoms with Crippen LogP contribution in [0.3, 0.4) is 0 Å². The van der Waals surface area contributed by atoms with Crippen molar-refractivity contribution in [2.75, 3.05) is 0 Å². The fraction of sp³-hybridized carbons (Fsp3) is 0.417. The molecule has 1 aromatic carbocycles. The highest BCUT2D eigenvalue weighted by Crippen LogP contribution is 2.19. The summed E-state index contributed by atoms with van der Waals surface area (Å²) in [6, 6.07) is 4.06. The van der Waals surface area contributed by atoms with E-state index in [4.69, 9.17) is 17.3 Å². The lowest BCUT2D eigenvalue weighted by Crippen LogP contribution is -2.36. The molecule has 0 saturated carbocycles. The summed E-state index contributed by atoms with van der Waals surface area (Å²) in [5, 5.41) is 0.0309. The third kappa shape index (κ3) is 3.03. The van der Waals surface area contributed by atoms with Crippen molar-refractivity contribution in [3.63, 3.8) is 0 Å². The number of halogens is 2. The van der Waals surface area contributed by atoms with Crippen LogP contribution in [0.15, 0.2) is 18.2 Å². The largest absolute Gasteiger partial charge is 0.321 e. The van der Waals surface area contributed by atoms with Crippen LogP contribution in [0.25, 0.3) is 0 Å². The number of hydrogen-bond donors (Lipinski definition) is 1. The van der Waals surface area contributed by atoms with Crippen LogP contribution in [0.1, 0.15) is 19.4 Å². The molecule has 0 saturated heterocycles. The van der Waals surface area contributed by atoms with Crippen LogP contribution < -0.4 is 5.73 Å². The first-order valence-corrected chi connectivity index (χ1v) is 5.52. The number of Topliss-reactive ketones (excluding diaryl/α,β-unsaturated/α-hetero) is 1. The maximum atomic E-state index is 13.5. The molecule has 0 aromatic heterocycles. The minimum atomic E-state index is -0.557. The van der Waals surface area contributed by atoms with Gasteiger partial charge in [0.25, 0.3) is 0 Å². The average molecular weight is 244 g/mol. The Morgan fingerprint density at radius 1 is 1.50 bits per heavy atom. The molecule has 16 heavy (non-hydrogen) atoms. The first-order chi connectivity index (χ1) is 7.43. The van der Waals surface area contributed by atoms with Crippen molar-refractivity contribution in [2.45, 2.75) is 26.3 Å². The Hall–Kier alpha value is -0.930. The van der Waals surface area contributed by atoms with Crippen molar-refractivity contribution in [3.05, 3.63) is 34.6 Å². The Morgan fingerprint density at radius 2 is 2.12 bits per heavy atom. The van der Waals surface area contributed by atoms with Crippen molar-refractivity contribution in [2.24, 2.45) is 11.7 Å². The molecule has 4 heteroatoms. The minimum absolute atomic E-state index is 0.00819. The lowest BCUT2D eigenvalue weighted by atomic mass is 9.96. The SMILES string of the molecule is CC(C)C(N)C(=O)Cc1cccc(Cl)c1F. The number of rotatable bonds is 4. The second-order valence-electron chi connectivity index (χ2n) is 4.13. The summed E-state index contributed by atoms with van der Waals surface area (Å²) < 4.78 is 13.5. The first-order valence-electron chi connectivity index (χ1n) is 5.14. The Balaban J connectivity index is 2.81. The second-order valence-corrected chi connectivity index (χ2v) is 4.53. The van der Waals surface area contributed by atoms with Crippen molar-refractivity contribution in [1.29, 1.82) is 0 Å². The number of ketones is 1. The Labute approximate surface area is 99.6 Å². The van der Waals surface area contributed by atoms with Gasteiger partial charge >= 0.3 is 0 Å². The highest BCUT2D eigenvalue weighted by Gasteiger charge is 2.19. The molecular formula is C12H15ClFNO. The third-order valence-electron chi connectivity index (χ3n) is 2.49. The van der Waals surface area contributed by atoms with Gasteiger partial charge < -0.3 is 5.73 Å². The molecule has 0 aliphatic rings. The van der Waals surface area contributed by atoms with E-state index in [2.05, 4.69) is 0 Å². The van der Waals surface area contributed by atoms with Crippen molar-refractivity contribution < 1.29 is 9.18 Å². The zero-order valence-corrected chi connectivity index (χ0v) is 10.1. The number of carbonyl (C=O) groups excluding carboxylic acids is 1. The second kappa shape index (κ2) is 5.41. The van der Waals surface area contributed by atoms with Gasteiger partial charge in [0.2, 0.25) is 0 Å². The summed E-state index contributed by atoms with van der Waals surface area (Å²) in [5.41, 5.74) is 5.99. The number of benzene rings is 1. The van der Waals surface area contributed by atoms with Crippen LogP contribution in [0.4, 0.5) is 4.39 Å². The van der Waals surface area contributed by atoms with E-state index in [1.54, 1.807) is 12.1 Å². The van der Waals surface area contributed by atoms with E-state index in [0.717, 1.165) is 0 Å². The van der Waals surface area contributed by atoms with Crippen molar-refractivity contribution in [3.8, 4) is 0 Å². The van der Waals surface area contributed by atoms with Crippen LogP contribution in [-0.2, 0) is 11.2 Å². The molecule has 1 unspecified atom stereocenters. The van der Waals surface area contributed by atoms with Gasteiger partial charge in [-0.05, 0) is 17.5 Å². The van der Waals surface area contributed by atoms with E-state index in [1.807, 2.05) is 13.8 Å². The summed E-state index contributed by atoms with van der Waals surface area (Å²) in [6.45, 7) is 3.72. The van der Waals surface area contributed by atoms with E-state index in [9.17, 15) is 9.18 Å². The van der Waals surface area contributed by atoms with E-state index in [-0.39, 0.29) is 23.1 Å². The van der Waals surface area contributed by atoms with Crippen molar-refractivity contribution >= 4 is 17.4 Å². The molecule has 0 bridgehead atoms. The van der Waals surface area contributed by atoms with E-state index < -0.39 is 11.9 Å². The predicted molar refractivity (Wildman–Crippen MR) is 62.9 cm³/mol. The molecule has 1 rings (SSSR count). The number of nitrogens with two attached hydrogens (primary N) is 1. The topological polar surface area (TPSA) is 43.1 Å². The quantitative estimate of drug-likeness (QED) is 0.883. The Kier molecular flexibility index (Phi) is 4.44. The van der Waals surface area contributed by atoms with Crippen LogP contribution >= 0.6 is 11.6 Å². The molecule has 2 N–H and O–H groups in total. The van der Waals surface area contributed by atoms with Crippen LogP contribution in [-0.4, -0.2) is 11.8 Å². The smallest absolute Gasteiger partial charge is 0.154 e. The summed E-state index contributed by atoms with van der Waals surface area (Å²) in [7, 11) is 0. The van der Waals surface area contributed by atoms with E-state index >= 15 is 0 Å². The van der Waals surface area contributed by atoms with E-state index in [0.29, 0.717) is 5.56 Å². The molecule has 0 radical (unpaired) electrons. The van der Waals surface area contributed by atoms with Gasteiger partial charge in [0.15, 0.2) is 5.78 Å². The molecule has 0 aliphatic heterocycles. The van der Waals surface area contributed by atoms with Gasteiger partial charge in [-0.3, -0.25) is 4.79 Å². The van der Waals surface area contributed by atoms with Crippen molar-refractivity contribution in [1.82, 2.24) is 0 Å². The van der Waals surface area contributed by atoms with Gasteiger partial charge in [-0.25, -0.2) is 4.39 Å². The normalized spacial score (nSPS) is 12.9. The first kappa shape index (κ1) is 13.1. The third-order valence-corrected chi connectivity index (χ3v) is 2.78. The Bertz CT molecular complexity index is 393. The molecule has 0 spiro atoms. The fourth-order valence-electron chi connectivity index (χ4n) is 1.36. The molecule has 88 valence electrons. The van der Waals surface area contributed by atoms with Crippen LogP contribution in [0.5, 0.6) is 0 Å². The molecule has 1 aromatic rings. The van der Waals surface area contributed by atoms with Gasteiger partial charge in [-0.1, -0.05) is 37.6 Å². The fourth-order valence-corrected chi connectivity index (χ4v) is 1.56. The van der Waals surface area contributed by atoms with Crippen LogP contribution in [0, 0.1) is 11.7 Å². The molecule has 0 aliphatic carbocycles. The lowest BCUT2D eigenvalue weighted by molar-refractivity contribution is -0.120. The zero-order valence-electron chi connectivity index (χ0n) is 9.34. The number of hydrogen-bond acceptors (Lipinski definition) is 2. The molecule has 0 fully saturated rings. The number of carbonyl (C=O) groups is 1. The lowest BCUT2D eigenvalue weighted by Gasteiger charge is -2.14. The maximum Gasteiger partial charge on any atom is 0.154 e. The van der Waals surface area contributed by atoms with Gasteiger partial charge in [-0.15, -0.1) is 0 Å². The molecule has 0 heterocycles. The van der Waals surface area contributed by atoms with Gasteiger partial charge in [0.05, 0.1) is 11.1 Å². The van der Waals surface area contributed by atoms with Crippen LogP contribution in [0.2, 0.25) is 5.02 Å². The highest BCUT2D eigenvalue weighted by atomic mass is 35.5. The molecule has 1 atom stereocenters. The predicted octanol–water partition coefficient (Wildman–Crippen LogP) is 2.57. The summed E-state index contributed by atoms with van der Waals surface area (Å²) in [5.74, 6) is -0.653. The summed E-state index contributed by atoms with van der Waals surface area (Å²) >= 11 is 5.62. The Morgan fingerprint density at radius 3 is 2.69 bits per heavy atom. The standard InChI is InChI=1S/C12H15ClFNO/c1-7(2)12(15)10(16)6-8-4-3-5-9(13)11(8)14/h3-5,7,12H,6,15H2,1-2H3. The van der Waals surface area contributed by atoms with E-state index in [1.165, 1.54) is 6.07 Å².